The van der Waals surface area contributed by atoms with Crippen LogP contribution in [0.5, 0.6) is 5.75 Å². The van der Waals surface area contributed by atoms with Gasteiger partial charge in [0.25, 0.3) is 0 Å². The minimum Gasteiger partial charge on any atom is -0.496 e. The van der Waals surface area contributed by atoms with Crippen molar-refractivity contribution in [1.29, 1.82) is 0 Å². The molecule has 3 aromatic heterocycles. The van der Waals surface area contributed by atoms with Gasteiger partial charge in [-0.3, -0.25) is 4.98 Å². The van der Waals surface area contributed by atoms with Crippen molar-refractivity contribution in [3.63, 3.8) is 0 Å². The molecule has 4 aromatic rings. The van der Waals surface area contributed by atoms with E-state index < -0.39 is 0 Å². The molecule has 1 aromatic carbocycles. The Morgan fingerprint density at radius 1 is 0.941 bits per heavy atom. The Hall–Kier alpha value is -2.89. The molecule has 0 unspecified atom stereocenters. The molecule has 0 saturated heterocycles. The first-order valence-electron chi connectivity index (χ1n) is 13.0. The van der Waals surface area contributed by atoms with Crippen molar-refractivity contribution in [2.24, 2.45) is 0 Å². The first-order valence-corrected chi connectivity index (χ1v) is 13.0. The van der Waals surface area contributed by atoms with Gasteiger partial charge in [-0.2, -0.15) is 0 Å². The average Bonchev–Trinajstić information content (AvgIpc) is 3.44. The van der Waals surface area contributed by atoms with Crippen LogP contribution in [0.2, 0.25) is 0 Å². The summed E-state index contributed by atoms with van der Waals surface area (Å²) in [5.41, 5.74) is 6.06. The monoisotopic (exact) mass is 458 g/mol. The third-order valence-corrected chi connectivity index (χ3v) is 8.08. The minimum atomic E-state index is 0.523. The molecule has 2 saturated carbocycles. The Balaban J connectivity index is 1.61. The molecule has 2 aliphatic carbocycles. The van der Waals surface area contributed by atoms with Crippen molar-refractivity contribution >= 4 is 21.9 Å². The van der Waals surface area contributed by atoms with Gasteiger partial charge in [-0.25, -0.2) is 4.98 Å². The van der Waals surface area contributed by atoms with Crippen molar-refractivity contribution < 1.29 is 9.26 Å². The van der Waals surface area contributed by atoms with Gasteiger partial charge in [0.05, 0.1) is 35.6 Å². The minimum absolute atomic E-state index is 0.523. The number of methoxy groups -OCH3 is 1. The van der Waals surface area contributed by atoms with E-state index in [0.717, 1.165) is 44.8 Å². The van der Waals surface area contributed by atoms with Crippen molar-refractivity contribution in [1.82, 2.24) is 19.7 Å². The molecule has 6 rings (SSSR count). The summed E-state index contributed by atoms with van der Waals surface area (Å²) < 4.78 is 14.0. The maximum Gasteiger partial charge on any atom is 0.141 e. The number of fused-ring (bicyclic) bond motifs is 3. The summed E-state index contributed by atoms with van der Waals surface area (Å²) in [5.74, 6) is 3.47. The van der Waals surface area contributed by atoms with E-state index in [1.165, 1.54) is 75.5 Å². The number of aromatic nitrogens is 4. The fourth-order valence-electron chi connectivity index (χ4n) is 6.41. The van der Waals surface area contributed by atoms with E-state index in [2.05, 4.69) is 21.9 Å². The third kappa shape index (κ3) is 3.50. The number of pyridine rings is 1. The van der Waals surface area contributed by atoms with Crippen molar-refractivity contribution in [2.45, 2.75) is 90.0 Å². The van der Waals surface area contributed by atoms with E-state index in [0.29, 0.717) is 12.0 Å². The lowest BCUT2D eigenvalue weighted by atomic mass is 9.87. The lowest BCUT2D eigenvalue weighted by Gasteiger charge is -2.29. The Bertz CT molecular complexity index is 1320. The van der Waals surface area contributed by atoms with Gasteiger partial charge in [-0.1, -0.05) is 43.7 Å². The molecule has 2 aliphatic rings. The predicted molar refractivity (Wildman–Crippen MR) is 135 cm³/mol. The zero-order valence-electron chi connectivity index (χ0n) is 20.6. The molecular weight excluding hydrogens is 424 g/mol. The highest BCUT2D eigenvalue weighted by Crippen LogP contribution is 2.43. The van der Waals surface area contributed by atoms with Gasteiger partial charge >= 0.3 is 0 Å². The number of hydrogen-bond acceptors (Lipinski definition) is 5. The summed E-state index contributed by atoms with van der Waals surface area (Å²) in [6.45, 7) is 3.92. The molecule has 0 amide bonds. The number of rotatable bonds is 4. The van der Waals surface area contributed by atoms with Gasteiger partial charge < -0.3 is 13.8 Å². The number of nitrogens with zero attached hydrogens (tertiary/aromatic N) is 4. The van der Waals surface area contributed by atoms with Crippen molar-refractivity contribution in [2.75, 3.05) is 7.11 Å². The summed E-state index contributed by atoms with van der Waals surface area (Å²) in [5, 5.41) is 5.29. The fourth-order valence-corrected chi connectivity index (χ4v) is 6.41. The number of benzene rings is 1. The second-order valence-electron chi connectivity index (χ2n) is 10.2. The number of aryl methyl sites for hydroxylation is 2. The summed E-state index contributed by atoms with van der Waals surface area (Å²) in [4.78, 5) is 10.1. The molecule has 0 radical (unpaired) electrons. The molecule has 0 bridgehead atoms. The number of ether oxygens (including phenoxy) is 1. The normalized spacial score (nSPS) is 18.2. The lowest BCUT2D eigenvalue weighted by molar-refractivity contribution is 0.334. The summed E-state index contributed by atoms with van der Waals surface area (Å²) in [6.07, 6.45) is 14.9. The smallest absolute Gasteiger partial charge is 0.141 e. The predicted octanol–water partition coefficient (Wildman–Crippen LogP) is 7.42. The van der Waals surface area contributed by atoms with E-state index in [4.69, 9.17) is 19.2 Å². The quantitative estimate of drug-likeness (QED) is 0.318. The molecule has 178 valence electrons. The van der Waals surface area contributed by atoms with Crippen LogP contribution in [-0.2, 0) is 0 Å². The van der Waals surface area contributed by atoms with E-state index in [1.54, 1.807) is 7.11 Å². The molecule has 0 N–H and O–H groups in total. The average molecular weight is 459 g/mol. The molecule has 6 nitrogen and oxygen atoms in total. The molecule has 34 heavy (non-hydrogen) atoms. The van der Waals surface area contributed by atoms with Crippen LogP contribution in [0, 0.1) is 13.8 Å². The summed E-state index contributed by atoms with van der Waals surface area (Å²) >= 11 is 0. The molecule has 0 spiro atoms. The van der Waals surface area contributed by atoms with E-state index in [-0.39, 0.29) is 0 Å². The Labute approximate surface area is 200 Å². The fraction of sp³-hybridized carbons (Fsp3) is 0.536. The molecule has 0 atom stereocenters. The highest BCUT2D eigenvalue weighted by atomic mass is 16.5. The van der Waals surface area contributed by atoms with Gasteiger partial charge in [0.15, 0.2) is 0 Å². The lowest BCUT2D eigenvalue weighted by Crippen LogP contribution is -2.19. The van der Waals surface area contributed by atoms with Crippen LogP contribution < -0.4 is 4.74 Å². The largest absolute Gasteiger partial charge is 0.496 e. The molecule has 2 fully saturated rings. The SMILES string of the molecule is COc1cc2c(cc1-c1c(C)noc1C)ncc1nc(C3CCCCC3)n(C3CCCCC3)c12. The molecule has 6 heteroatoms. The van der Waals surface area contributed by atoms with Crippen LogP contribution in [0.25, 0.3) is 33.1 Å². The summed E-state index contributed by atoms with van der Waals surface area (Å²) in [7, 11) is 1.74. The zero-order chi connectivity index (χ0) is 23.2. The standard InChI is InChI=1S/C28H34N4O2/c1-17-26(18(2)34-31-17)22-14-23-21(15-25(22)33-3)27-24(16-29-23)30-28(19-10-6-4-7-11-19)32(27)20-12-8-5-9-13-20/h14-16,19-20H,4-13H2,1-3H3. The van der Waals surface area contributed by atoms with Gasteiger partial charge in [0, 0.05) is 22.9 Å². The number of hydrogen-bond donors (Lipinski definition) is 0. The zero-order valence-corrected chi connectivity index (χ0v) is 20.6. The molecule has 0 aliphatic heterocycles. The van der Waals surface area contributed by atoms with Gasteiger partial charge in [-0.15, -0.1) is 0 Å². The maximum absolute atomic E-state index is 5.92. The van der Waals surface area contributed by atoms with E-state index in [1.807, 2.05) is 20.0 Å². The summed E-state index contributed by atoms with van der Waals surface area (Å²) in [6, 6.07) is 4.82. The van der Waals surface area contributed by atoms with E-state index >= 15 is 0 Å². The highest BCUT2D eigenvalue weighted by molar-refractivity contribution is 6.05. The molecule has 3 heterocycles. The van der Waals surface area contributed by atoms with E-state index in [9.17, 15) is 0 Å². The maximum atomic E-state index is 5.92. The van der Waals surface area contributed by atoms with Gasteiger partial charge in [-0.05, 0) is 51.7 Å². The van der Waals surface area contributed by atoms with Gasteiger partial charge in [0.1, 0.15) is 22.9 Å². The van der Waals surface area contributed by atoms with Crippen LogP contribution in [0.1, 0.15) is 93.4 Å². The van der Waals surface area contributed by atoms with Crippen molar-refractivity contribution in [3.8, 4) is 16.9 Å². The van der Waals surface area contributed by atoms with Crippen LogP contribution in [0.4, 0.5) is 0 Å². The van der Waals surface area contributed by atoms with Crippen LogP contribution in [0.15, 0.2) is 22.9 Å². The van der Waals surface area contributed by atoms with Crippen LogP contribution in [-0.4, -0.2) is 26.8 Å². The topological polar surface area (TPSA) is 66.0 Å². The second kappa shape index (κ2) is 8.71. The highest BCUT2D eigenvalue weighted by Gasteiger charge is 2.29. The Morgan fingerprint density at radius 3 is 2.35 bits per heavy atom. The van der Waals surface area contributed by atoms with Crippen molar-refractivity contribution in [3.05, 3.63) is 35.6 Å². The van der Waals surface area contributed by atoms with Gasteiger partial charge in [0.2, 0.25) is 0 Å². The third-order valence-electron chi connectivity index (χ3n) is 8.08. The Kier molecular flexibility index (Phi) is 5.54. The number of imidazole rings is 1. The van der Waals surface area contributed by atoms with Crippen LogP contribution in [0.3, 0.4) is 0 Å². The Morgan fingerprint density at radius 2 is 1.68 bits per heavy atom. The second-order valence-corrected chi connectivity index (χ2v) is 10.2. The van der Waals surface area contributed by atoms with Crippen LogP contribution >= 0.6 is 0 Å². The first-order chi connectivity index (χ1) is 16.7. The first kappa shape index (κ1) is 21.6. The molecular formula is C28H34N4O2.